The minimum Gasteiger partial charge on any atom is -0.507 e. The quantitative estimate of drug-likeness (QED) is 0.240. The van der Waals surface area contributed by atoms with E-state index in [-0.39, 0.29) is 22.7 Å². The lowest BCUT2D eigenvalue weighted by atomic mass is 9.70. The van der Waals surface area contributed by atoms with Crippen LogP contribution in [0.3, 0.4) is 0 Å². The van der Waals surface area contributed by atoms with Gasteiger partial charge < -0.3 is 14.6 Å². The van der Waals surface area contributed by atoms with Crippen LogP contribution in [0.5, 0.6) is 11.5 Å². The summed E-state index contributed by atoms with van der Waals surface area (Å²) in [6.07, 6.45) is 13.6. The second-order valence-corrected chi connectivity index (χ2v) is 13.3. The van der Waals surface area contributed by atoms with Crippen molar-refractivity contribution in [2.24, 2.45) is 16.7 Å². The van der Waals surface area contributed by atoms with Gasteiger partial charge in [0.05, 0.1) is 0 Å². The first kappa shape index (κ1) is 27.5. The predicted molar refractivity (Wildman–Crippen MR) is 150 cm³/mol. The molecule has 2 fully saturated rings. The molecule has 0 aromatic heterocycles. The molecule has 1 N–H and O–H groups in total. The fourth-order valence-corrected chi connectivity index (χ4v) is 7.03. The molecule has 0 unspecified atom stereocenters. The van der Waals surface area contributed by atoms with Gasteiger partial charge in [-0.2, -0.15) is 0 Å². The third-order valence-electron chi connectivity index (χ3n) is 9.26. The van der Waals surface area contributed by atoms with Crippen molar-refractivity contribution in [1.29, 1.82) is 0 Å². The Morgan fingerprint density at radius 3 is 2.41 bits per heavy atom. The van der Waals surface area contributed by atoms with Gasteiger partial charge in [0.1, 0.15) is 28.8 Å². The summed E-state index contributed by atoms with van der Waals surface area (Å²) in [5.74, 6) is 0.916. The zero-order valence-corrected chi connectivity index (χ0v) is 24.4. The van der Waals surface area contributed by atoms with Gasteiger partial charge in [0.15, 0.2) is 0 Å². The molecule has 4 atom stereocenters. The topological polar surface area (TPSA) is 55.8 Å². The number of phenolic OH excluding ortho intramolecular Hbond substituents is 1. The fraction of sp³-hybridized carbons (Fsp3) is 0.606. The number of benzene rings is 1. The summed E-state index contributed by atoms with van der Waals surface area (Å²) < 4.78 is 13.0. The molecule has 1 aromatic carbocycles. The van der Waals surface area contributed by atoms with Gasteiger partial charge in [-0.1, -0.05) is 50.1 Å². The van der Waals surface area contributed by atoms with Crippen molar-refractivity contribution >= 4 is 5.97 Å². The molecule has 2 saturated carbocycles. The molecular formula is C33H46O4. The summed E-state index contributed by atoms with van der Waals surface area (Å²) in [6, 6.07) is 0. The molecule has 0 spiro atoms. The molecule has 37 heavy (non-hydrogen) atoms. The van der Waals surface area contributed by atoms with E-state index in [9.17, 15) is 9.90 Å². The predicted octanol–water partition coefficient (Wildman–Crippen LogP) is 8.19. The van der Waals surface area contributed by atoms with Gasteiger partial charge in [-0.05, 0) is 97.6 Å². The highest BCUT2D eigenvalue weighted by Gasteiger charge is 2.61. The zero-order valence-electron chi connectivity index (χ0n) is 24.4. The van der Waals surface area contributed by atoms with Crippen LogP contribution >= 0.6 is 0 Å². The maximum atomic E-state index is 13.8. The monoisotopic (exact) mass is 506 g/mol. The Balaban J connectivity index is 1.75. The van der Waals surface area contributed by atoms with Gasteiger partial charge in [-0.3, -0.25) is 0 Å². The Bertz CT molecular complexity index is 1170. The van der Waals surface area contributed by atoms with E-state index >= 15 is 0 Å². The summed E-state index contributed by atoms with van der Waals surface area (Å²) in [5.41, 5.74) is 4.63. The molecule has 4 rings (SSSR count). The van der Waals surface area contributed by atoms with Gasteiger partial charge in [0.25, 0.3) is 0 Å². The van der Waals surface area contributed by atoms with E-state index in [0.29, 0.717) is 30.1 Å². The number of allylic oxidation sites excluding steroid dienone is 5. The van der Waals surface area contributed by atoms with Crippen LogP contribution in [0.4, 0.5) is 0 Å². The zero-order chi connectivity index (χ0) is 27.3. The van der Waals surface area contributed by atoms with Crippen molar-refractivity contribution in [3.63, 3.8) is 0 Å². The van der Waals surface area contributed by atoms with E-state index in [1.54, 1.807) is 0 Å². The molecule has 0 amide bonds. The van der Waals surface area contributed by atoms with Crippen LogP contribution in [0, 0.1) is 23.7 Å². The van der Waals surface area contributed by atoms with Gasteiger partial charge >= 0.3 is 5.97 Å². The molecule has 4 nitrogen and oxygen atoms in total. The Kier molecular flexibility index (Phi) is 7.20. The lowest BCUT2D eigenvalue weighted by Gasteiger charge is -2.42. The molecule has 4 heteroatoms. The Hall–Kier alpha value is -2.49. The van der Waals surface area contributed by atoms with Gasteiger partial charge in [0, 0.05) is 22.0 Å². The Morgan fingerprint density at radius 1 is 1.11 bits per heavy atom. The highest BCUT2D eigenvalue weighted by molar-refractivity contribution is 5.96. The average Bonchev–Trinajstić information content (AvgIpc) is 3.27. The first-order valence-corrected chi connectivity index (χ1v) is 13.9. The lowest BCUT2D eigenvalue weighted by Crippen LogP contribution is -2.43. The molecule has 2 aliphatic carbocycles. The van der Waals surface area contributed by atoms with Crippen molar-refractivity contribution in [2.75, 3.05) is 0 Å². The van der Waals surface area contributed by atoms with Crippen molar-refractivity contribution in [1.82, 2.24) is 0 Å². The number of aromatic hydroxyl groups is 1. The van der Waals surface area contributed by atoms with Crippen LogP contribution < -0.4 is 4.74 Å². The second kappa shape index (κ2) is 9.67. The van der Waals surface area contributed by atoms with Gasteiger partial charge in [-0.25, -0.2) is 4.79 Å². The van der Waals surface area contributed by atoms with Crippen molar-refractivity contribution in [3.8, 4) is 11.5 Å². The summed E-state index contributed by atoms with van der Waals surface area (Å²) >= 11 is 0. The van der Waals surface area contributed by atoms with Crippen LogP contribution in [-0.4, -0.2) is 22.8 Å². The molecular weight excluding hydrogens is 460 g/mol. The minimum atomic E-state index is -0.485. The molecule has 1 aliphatic heterocycles. The van der Waals surface area contributed by atoms with Crippen molar-refractivity contribution < 1.29 is 19.4 Å². The Morgan fingerprint density at radius 2 is 1.81 bits per heavy atom. The number of ether oxygens (including phenoxy) is 2. The third kappa shape index (κ3) is 5.01. The number of carbonyl (C=O) groups excluding carboxylic acids is 1. The lowest BCUT2D eigenvalue weighted by molar-refractivity contribution is -0.0586. The molecule has 0 radical (unpaired) electrons. The van der Waals surface area contributed by atoms with Crippen LogP contribution in [0.2, 0.25) is 0 Å². The van der Waals surface area contributed by atoms with E-state index in [4.69, 9.17) is 9.47 Å². The number of hydrogen-bond donors (Lipinski definition) is 1. The average molecular weight is 507 g/mol. The smallest absolute Gasteiger partial charge is 0.342 e. The molecule has 1 aromatic rings. The van der Waals surface area contributed by atoms with E-state index in [1.165, 1.54) is 17.6 Å². The first-order valence-electron chi connectivity index (χ1n) is 13.9. The van der Waals surface area contributed by atoms with E-state index in [0.717, 1.165) is 36.0 Å². The summed E-state index contributed by atoms with van der Waals surface area (Å²) in [7, 11) is 0. The normalized spacial score (nSPS) is 29.5. The molecule has 2 bridgehead atoms. The minimum absolute atomic E-state index is 0.00893. The fourth-order valence-electron chi connectivity index (χ4n) is 7.03. The molecule has 202 valence electrons. The maximum Gasteiger partial charge on any atom is 0.342 e. The standard InChI is InChI=1S/C33H46O4/c1-20(2)11-10-16-33(9)18-15-25-27(34)26(22(5)24(28(25)37-33)13-12-21(3)4)29(35)36-30-31(6,7)23-14-17-32(30,8)19-23/h10-12,16,23,30,34H,13-15,17-19H2,1-9H3/b16-10+/t23-,30-,32+,33-/m0/s1. The van der Waals surface area contributed by atoms with Crippen LogP contribution in [0.15, 0.2) is 35.5 Å². The SMILES string of the molecule is CC(C)=C/C=C/[C@@]1(C)CCc2c(O)c(C(=O)O[C@H]3C(C)(C)[C@H]4CC[C@]3(C)C4)c(C)c(CC=C(C)C)c2O1. The summed E-state index contributed by atoms with van der Waals surface area (Å²) in [6.45, 7) is 19.0. The summed E-state index contributed by atoms with van der Waals surface area (Å²) in [5, 5.41) is 11.5. The number of fused-ring (bicyclic) bond motifs is 3. The number of esters is 1. The highest BCUT2D eigenvalue weighted by Crippen LogP contribution is 2.63. The number of hydrogen-bond acceptors (Lipinski definition) is 4. The molecule has 3 aliphatic rings. The van der Waals surface area contributed by atoms with E-state index in [1.807, 2.05) is 13.0 Å². The molecule has 0 saturated heterocycles. The number of phenols is 1. The third-order valence-corrected chi connectivity index (χ3v) is 9.26. The van der Waals surface area contributed by atoms with Crippen molar-refractivity contribution in [2.45, 2.75) is 113 Å². The largest absolute Gasteiger partial charge is 0.507 e. The number of carbonyl (C=O) groups is 1. The summed E-state index contributed by atoms with van der Waals surface area (Å²) in [4.78, 5) is 13.8. The van der Waals surface area contributed by atoms with Gasteiger partial charge in [-0.15, -0.1) is 0 Å². The van der Waals surface area contributed by atoms with Crippen LogP contribution in [0.25, 0.3) is 0 Å². The van der Waals surface area contributed by atoms with Crippen LogP contribution in [0.1, 0.15) is 108 Å². The second-order valence-electron chi connectivity index (χ2n) is 13.3. The molecule has 1 heterocycles. The maximum absolute atomic E-state index is 13.8. The van der Waals surface area contributed by atoms with Crippen molar-refractivity contribution in [3.05, 3.63) is 57.7 Å². The van der Waals surface area contributed by atoms with E-state index < -0.39 is 11.6 Å². The van der Waals surface area contributed by atoms with E-state index in [2.05, 4.69) is 73.6 Å². The number of rotatable bonds is 6. The first-order chi connectivity index (χ1) is 17.2. The Labute approximate surface area is 223 Å². The van der Waals surface area contributed by atoms with Crippen LogP contribution in [-0.2, 0) is 17.6 Å². The van der Waals surface area contributed by atoms with Gasteiger partial charge in [0.2, 0.25) is 0 Å². The highest BCUT2D eigenvalue weighted by atomic mass is 16.5.